The molecule has 2 aromatic rings. The van der Waals surface area contributed by atoms with Gasteiger partial charge in [0.25, 0.3) is 5.91 Å². The van der Waals surface area contributed by atoms with Crippen LogP contribution in [-0.4, -0.2) is 24.2 Å². The molecule has 0 saturated carbocycles. The first-order valence-corrected chi connectivity index (χ1v) is 7.04. The number of aromatic nitrogens is 1. The topological polar surface area (TPSA) is 72.5 Å². The van der Waals surface area contributed by atoms with Crippen molar-refractivity contribution in [1.29, 1.82) is 0 Å². The van der Waals surface area contributed by atoms with Gasteiger partial charge in [0.05, 0.1) is 0 Å². The van der Waals surface area contributed by atoms with Crippen molar-refractivity contribution in [2.24, 2.45) is 0 Å². The molecule has 3 rings (SSSR count). The van der Waals surface area contributed by atoms with E-state index in [1.54, 1.807) is 5.38 Å². The van der Waals surface area contributed by atoms with Crippen molar-refractivity contribution in [3.05, 3.63) is 29.3 Å². The zero-order chi connectivity index (χ0) is 13.9. The number of benzene rings is 1. The maximum Gasteiger partial charge on any atom is 0.270 e. The van der Waals surface area contributed by atoms with E-state index >= 15 is 0 Å². The molecular weight excluding hydrogens is 278 g/mol. The van der Waals surface area contributed by atoms with Crippen LogP contribution in [0.3, 0.4) is 0 Å². The normalized spacial score (nSPS) is 12.2. The van der Waals surface area contributed by atoms with Gasteiger partial charge in [-0.05, 0) is 19.1 Å². The van der Waals surface area contributed by atoms with Crippen LogP contribution in [0.2, 0.25) is 0 Å². The second-order valence-corrected chi connectivity index (χ2v) is 4.95. The lowest BCUT2D eigenvalue weighted by molar-refractivity contribution is 0.0951. The van der Waals surface area contributed by atoms with E-state index in [1.807, 2.05) is 25.1 Å². The Hall–Kier alpha value is -2.28. The van der Waals surface area contributed by atoms with E-state index in [0.29, 0.717) is 23.1 Å². The molecule has 0 spiro atoms. The van der Waals surface area contributed by atoms with Crippen molar-refractivity contribution >= 4 is 28.1 Å². The quantitative estimate of drug-likeness (QED) is 0.904. The third-order valence-electron chi connectivity index (χ3n) is 2.70. The van der Waals surface area contributed by atoms with Gasteiger partial charge in [-0.1, -0.05) is 0 Å². The molecule has 0 saturated heterocycles. The number of hydrogen-bond donors (Lipinski definition) is 2. The molecule has 20 heavy (non-hydrogen) atoms. The predicted octanol–water partition coefficient (Wildman–Crippen LogP) is 2.37. The highest BCUT2D eigenvalue weighted by molar-refractivity contribution is 7.14. The molecule has 1 aliphatic heterocycles. The van der Waals surface area contributed by atoms with Gasteiger partial charge in [-0.15, -0.1) is 11.3 Å². The molecule has 1 amide bonds. The Labute approximate surface area is 119 Å². The second-order valence-electron chi connectivity index (χ2n) is 4.09. The molecule has 0 unspecified atom stereocenters. The summed E-state index contributed by atoms with van der Waals surface area (Å²) in [5.74, 6) is 1.27. The summed E-state index contributed by atoms with van der Waals surface area (Å²) < 4.78 is 10.6. The van der Waals surface area contributed by atoms with E-state index in [4.69, 9.17) is 9.47 Å². The van der Waals surface area contributed by atoms with Gasteiger partial charge in [-0.3, -0.25) is 4.79 Å². The van der Waals surface area contributed by atoms with Crippen molar-refractivity contribution in [3.63, 3.8) is 0 Å². The molecule has 7 heteroatoms. The Kier molecular flexibility index (Phi) is 3.42. The second kappa shape index (κ2) is 5.38. The molecule has 1 aliphatic rings. The van der Waals surface area contributed by atoms with Crippen LogP contribution in [0.15, 0.2) is 23.6 Å². The van der Waals surface area contributed by atoms with E-state index in [2.05, 4.69) is 15.6 Å². The van der Waals surface area contributed by atoms with Crippen molar-refractivity contribution in [2.75, 3.05) is 18.7 Å². The minimum Gasteiger partial charge on any atom is -0.454 e. The average Bonchev–Trinajstić information content (AvgIpc) is 3.07. The van der Waals surface area contributed by atoms with E-state index in [9.17, 15) is 4.79 Å². The number of nitrogens with one attached hydrogen (secondary N) is 2. The Morgan fingerprint density at radius 2 is 2.25 bits per heavy atom. The van der Waals surface area contributed by atoms with E-state index in [1.165, 1.54) is 11.3 Å². The minimum absolute atomic E-state index is 0.164. The Morgan fingerprint density at radius 3 is 3.10 bits per heavy atom. The summed E-state index contributed by atoms with van der Waals surface area (Å²) in [5.41, 5.74) is 1.26. The molecule has 6 nitrogen and oxygen atoms in total. The van der Waals surface area contributed by atoms with Gasteiger partial charge in [0.2, 0.25) is 6.79 Å². The lowest BCUT2D eigenvalue weighted by Gasteiger charge is -2.03. The third kappa shape index (κ3) is 2.53. The van der Waals surface area contributed by atoms with Gasteiger partial charge in [0.15, 0.2) is 16.6 Å². The van der Waals surface area contributed by atoms with Crippen molar-refractivity contribution < 1.29 is 14.3 Å². The number of rotatable bonds is 4. The molecular formula is C13H13N3O3S. The fraction of sp³-hybridized carbons (Fsp3) is 0.231. The van der Waals surface area contributed by atoms with Crippen molar-refractivity contribution in [3.8, 4) is 11.5 Å². The molecule has 1 aromatic carbocycles. The van der Waals surface area contributed by atoms with Crippen molar-refractivity contribution in [2.45, 2.75) is 6.92 Å². The van der Waals surface area contributed by atoms with Gasteiger partial charge in [-0.25, -0.2) is 4.98 Å². The maximum absolute atomic E-state index is 11.6. The number of ether oxygens (including phenoxy) is 2. The van der Waals surface area contributed by atoms with Crippen LogP contribution >= 0.6 is 11.3 Å². The van der Waals surface area contributed by atoms with Gasteiger partial charge < -0.3 is 20.1 Å². The average molecular weight is 291 g/mol. The summed E-state index contributed by atoms with van der Waals surface area (Å²) in [5, 5.41) is 8.24. The summed E-state index contributed by atoms with van der Waals surface area (Å²) in [4.78, 5) is 15.9. The standard InChI is InChI=1S/C13H13N3O3S/c1-2-14-12(17)9-6-20-13(16-9)15-8-3-4-10-11(5-8)19-7-18-10/h3-6H,2,7H2,1H3,(H,14,17)(H,15,16). The molecule has 0 bridgehead atoms. The van der Waals surface area contributed by atoms with Crippen LogP contribution in [-0.2, 0) is 0 Å². The largest absolute Gasteiger partial charge is 0.454 e. The van der Waals surface area contributed by atoms with Gasteiger partial charge in [0.1, 0.15) is 5.69 Å². The lowest BCUT2D eigenvalue weighted by atomic mass is 10.3. The van der Waals surface area contributed by atoms with Crippen LogP contribution in [0, 0.1) is 0 Å². The maximum atomic E-state index is 11.6. The number of nitrogens with zero attached hydrogens (tertiary/aromatic N) is 1. The van der Waals surface area contributed by atoms with E-state index in [-0.39, 0.29) is 12.7 Å². The Bertz CT molecular complexity index is 642. The zero-order valence-electron chi connectivity index (χ0n) is 10.8. The molecule has 0 aliphatic carbocycles. The van der Waals surface area contributed by atoms with Crippen LogP contribution in [0.4, 0.5) is 10.8 Å². The SMILES string of the molecule is CCNC(=O)c1csc(Nc2ccc3c(c2)OCO3)n1. The highest BCUT2D eigenvalue weighted by Crippen LogP contribution is 2.35. The summed E-state index contributed by atoms with van der Waals surface area (Å²) >= 11 is 1.38. The first-order valence-electron chi connectivity index (χ1n) is 6.16. The number of hydrogen-bond acceptors (Lipinski definition) is 6. The minimum atomic E-state index is -0.164. The highest BCUT2D eigenvalue weighted by atomic mass is 32.1. The summed E-state index contributed by atoms with van der Waals surface area (Å²) in [6, 6.07) is 5.55. The molecule has 2 heterocycles. The van der Waals surface area contributed by atoms with Gasteiger partial charge >= 0.3 is 0 Å². The van der Waals surface area contributed by atoms with E-state index in [0.717, 1.165) is 11.4 Å². The number of amides is 1. The smallest absolute Gasteiger partial charge is 0.270 e. The fourth-order valence-electron chi connectivity index (χ4n) is 1.78. The molecule has 2 N–H and O–H groups in total. The number of carbonyl (C=O) groups excluding carboxylic acids is 1. The molecule has 104 valence electrons. The highest BCUT2D eigenvalue weighted by Gasteiger charge is 2.14. The Balaban J connectivity index is 1.73. The molecule has 1 aromatic heterocycles. The van der Waals surface area contributed by atoms with E-state index < -0.39 is 0 Å². The summed E-state index contributed by atoms with van der Waals surface area (Å²) in [7, 11) is 0. The molecule has 0 radical (unpaired) electrons. The number of thiazole rings is 1. The predicted molar refractivity (Wildman–Crippen MR) is 76.0 cm³/mol. The zero-order valence-corrected chi connectivity index (χ0v) is 11.6. The monoisotopic (exact) mass is 291 g/mol. The summed E-state index contributed by atoms with van der Waals surface area (Å²) in [6.07, 6.45) is 0. The number of carbonyl (C=O) groups is 1. The molecule has 0 atom stereocenters. The first-order chi connectivity index (χ1) is 9.76. The van der Waals surface area contributed by atoms with Crippen LogP contribution in [0.25, 0.3) is 0 Å². The van der Waals surface area contributed by atoms with Crippen LogP contribution < -0.4 is 20.1 Å². The molecule has 0 fully saturated rings. The first kappa shape index (κ1) is 12.7. The lowest BCUT2D eigenvalue weighted by Crippen LogP contribution is -2.22. The third-order valence-corrected chi connectivity index (χ3v) is 3.46. The van der Waals surface area contributed by atoms with Crippen molar-refractivity contribution in [1.82, 2.24) is 10.3 Å². The van der Waals surface area contributed by atoms with Gasteiger partial charge in [-0.2, -0.15) is 0 Å². The summed E-state index contributed by atoms with van der Waals surface area (Å²) in [6.45, 7) is 2.70. The fourth-order valence-corrected chi connectivity index (χ4v) is 2.50. The number of anilines is 2. The number of fused-ring (bicyclic) bond motifs is 1. The van der Waals surface area contributed by atoms with Crippen LogP contribution in [0.1, 0.15) is 17.4 Å². The Morgan fingerprint density at radius 1 is 1.40 bits per heavy atom. The van der Waals surface area contributed by atoms with Crippen LogP contribution in [0.5, 0.6) is 11.5 Å². The van der Waals surface area contributed by atoms with Gasteiger partial charge in [0, 0.05) is 23.7 Å².